The molecule has 0 aliphatic carbocycles. The van der Waals surface area contributed by atoms with Gasteiger partial charge in [0.15, 0.2) is 5.13 Å². The SMILES string of the molecule is CCOC(=O)c1sc(N2CC[C@@H](NC(=O)c3[nH]c(C)c(Cl)c3Cl)[C@@H](F)C2)nc1-c1cn(C)cn1. The Hall–Kier alpha value is -2.63. The van der Waals surface area contributed by atoms with Gasteiger partial charge >= 0.3 is 5.97 Å². The van der Waals surface area contributed by atoms with Crippen LogP contribution in [0.4, 0.5) is 9.52 Å². The quantitative estimate of drug-likeness (QED) is 0.468. The molecule has 1 aliphatic rings. The van der Waals surface area contributed by atoms with Crippen molar-refractivity contribution in [2.75, 3.05) is 24.6 Å². The van der Waals surface area contributed by atoms with Crippen molar-refractivity contribution in [3.05, 3.63) is 38.8 Å². The van der Waals surface area contributed by atoms with Crippen molar-refractivity contribution in [1.82, 2.24) is 24.8 Å². The third-order valence-electron chi connectivity index (χ3n) is 5.43. The van der Waals surface area contributed by atoms with Crippen molar-refractivity contribution in [3.63, 3.8) is 0 Å². The molecule has 3 aromatic heterocycles. The lowest BCUT2D eigenvalue weighted by Gasteiger charge is -2.34. The van der Waals surface area contributed by atoms with Crippen molar-refractivity contribution >= 4 is 51.5 Å². The number of carbonyl (C=O) groups is 2. The number of anilines is 1. The smallest absolute Gasteiger partial charge is 0.350 e. The average molecular weight is 529 g/mol. The number of aromatic amines is 1. The molecule has 1 fully saturated rings. The minimum atomic E-state index is -1.36. The first-order valence-electron chi connectivity index (χ1n) is 10.6. The van der Waals surface area contributed by atoms with Gasteiger partial charge in [0.05, 0.1) is 35.6 Å². The summed E-state index contributed by atoms with van der Waals surface area (Å²) in [7, 11) is 1.82. The summed E-state index contributed by atoms with van der Waals surface area (Å²) in [6, 6.07) is -0.707. The number of hydrogen-bond donors (Lipinski definition) is 2. The molecular weight excluding hydrogens is 506 g/mol. The lowest BCUT2D eigenvalue weighted by atomic mass is 10.0. The molecule has 0 saturated carbocycles. The van der Waals surface area contributed by atoms with Gasteiger partial charge in [0.25, 0.3) is 5.91 Å². The number of amides is 1. The average Bonchev–Trinajstić information content (AvgIpc) is 3.49. The number of ether oxygens (including phenoxy) is 1. The maximum atomic E-state index is 15.1. The molecule has 13 heteroatoms. The molecule has 34 heavy (non-hydrogen) atoms. The number of hydrogen-bond acceptors (Lipinski definition) is 7. The number of imidazole rings is 1. The Labute approximate surface area is 209 Å². The van der Waals surface area contributed by atoms with Gasteiger partial charge in [-0.2, -0.15) is 0 Å². The van der Waals surface area contributed by atoms with Crippen LogP contribution in [0.3, 0.4) is 0 Å². The Bertz CT molecular complexity index is 1230. The van der Waals surface area contributed by atoms with Gasteiger partial charge in [-0.05, 0) is 20.3 Å². The Kier molecular flexibility index (Phi) is 7.15. The van der Waals surface area contributed by atoms with E-state index in [1.54, 1.807) is 35.8 Å². The number of piperidine rings is 1. The monoisotopic (exact) mass is 528 g/mol. The van der Waals surface area contributed by atoms with E-state index in [9.17, 15) is 9.59 Å². The van der Waals surface area contributed by atoms with Gasteiger partial charge < -0.3 is 24.5 Å². The Morgan fingerprint density at radius 3 is 2.74 bits per heavy atom. The van der Waals surface area contributed by atoms with Crippen molar-refractivity contribution in [2.24, 2.45) is 7.05 Å². The number of aromatic nitrogens is 4. The zero-order chi connectivity index (χ0) is 24.6. The predicted octanol–water partition coefficient (Wildman–Crippen LogP) is 4.01. The molecule has 3 aromatic rings. The van der Waals surface area contributed by atoms with Gasteiger partial charge in [0, 0.05) is 25.5 Å². The van der Waals surface area contributed by atoms with Gasteiger partial charge in [-0.15, -0.1) is 0 Å². The highest BCUT2D eigenvalue weighted by molar-refractivity contribution is 7.17. The van der Waals surface area contributed by atoms with E-state index in [1.807, 2.05) is 7.05 Å². The van der Waals surface area contributed by atoms with Gasteiger partial charge in [-0.1, -0.05) is 34.5 Å². The number of thiazole rings is 1. The van der Waals surface area contributed by atoms with Crippen LogP contribution in [0, 0.1) is 6.92 Å². The molecule has 0 radical (unpaired) electrons. The molecular formula is C21H23Cl2FN6O3S. The third-order valence-corrected chi connectivity index (χ3v) is 7.48. The molecule has 2 N–H and O–H groups in total. The van der Waals surface area contributed by atoms with E-state index in [0.717, 1.165) is 11.3 Å². The predicted molar refractivity (Wildman–Crippen MR) is 129 cm³/mol. The van der Waals surface area contributed by atoms with Crippen molar-refractivity contribution < 1.29 is 18.7 Å². The molecule has 9 nitrogen and oxygen atoms in total. The van der Waals surface area contributed by atoms with Gasteiger partial charge in [0.1, 0.15) is 28.1 Å². The van der Waals surface area contributed by atoms with Crippen molar-refractivity contribution in [2.45, 2.75) is 32.5 Å². The summed E-state index contributed by atoms with van der Waals surface area (Å²) in [6.45, 7) is 4.07. The van der Waals surface area contributed by atoms with Crippen molar-refractivity contribution in [3.8, 4) is 11.4 Å². The van der Waals surface area contributed by atoms with Crippen molar-refractivity contribution in [1.29, 1.82) is 0 Å². The summed E-state index contributed by atoms with van der Waals surface area (Å²) in [5, 5.41) is 3.57. The van der Waals surface area contributed by atoms with E-state index in [0.29, 0.717) is 40.1 Å². The van der Waals surface area contributed by atoms with Crippen LogP contribution in [0.1, 0.15) is 39.2 Å². The van der Waals surface area contributed by atoms with E-state index in [2.05, 4.69) is 20.3 Å². The zero-order valence-corrected chi connectivity index (χ0v) is 21.0. The summed E-state index contributed by atoms with van der Waals surface area (Å²) in [4.78, 5) is 38.9. The number of H-pyrrole nitrogens is 1. The number of nitrogens with zero attached hydrogens (tertiary/aromatic N) is 4. The second kappa shape index (κ2) is 9.93. The van der Waals surface area contributed by atoms with Crippen LogP contribution in [-0.2, 0) is 11.8 Å². The Morgan fingerprint density at radius 1 is 1.38 bits per heavy atom. The number of halogens is 3. The molecule has 2 atom stereocenters. The fraction of sp³-hybridized carbons (Fsp3) is 0.429. The molecule has 0 spiro atoms. The molecule has 4 rings (SSSR count). The van der Waals surface area contributed by atoms with Gasteiger partial charge in [-0.25, -0.2) is 19.2 Å². The topological polar surface area (TPSA) is 105 Å². The van der Waals surface area contributed by atoms with Crippen LogP contribution in [-0.4, -0.2) is 63.3 Å². The number of alkyl halides is 1. The molecule has 0 bridgehead atoms. The minimum absolute atomic E-state index is 0.000621. The van der Waals surface area contributed by atoms with Crippen LogP contribution < -0.4 is 10.2 Å². The largest absolute Gasteiger partial charge is 0.462 e. The summed E-state index contributed by atoms with van der Waals surface area (Å²) in [6.07, 6.45) is 2.34. The van der Waals surface area contributed by atoms with Gasteiger partial charge in [0.2, 0.25) is 0 Å². The lowest BCUT2D eigenvalue weighted by Crippen LogP contribution is -2.52. The summed E-state index contributed by atoms with van der Waals surface area (Å²) in [5.74, 6) is -1.01. The Balaban J connectivity index is 1.50. The normalized spacial score (nSPS) is 18.2. The number of aryl methyl sites for hydroxylation is 2. The summed E-state index contributed by atoms with van der Waals surface area (Å²) >= 11 is 13.3. The first-order chi connectivity index (χ1) is 16.2. The Morgan fingerprint density at radius 2 is 2.15 bits per heavy atom. The fourth-order valence-corrected chi connectivity index (χ4v) is 5.12. The zero-order valence-electron chi connectivity index (χ0n) is 18.7. The first kappa shape index (κ1) is 24.5. The van der Waals surface area contributed by atoms with Crippen LogP contribution in [0.5, 0.6) is 0 Å². The minimum Gasteiger partial charge on any atom is -0.462 e. The fourth-order valence-electron chi connectivity index (χ4n) is 3.70. The molecule has 0 unspecified atom stereocenters. The van der Waals surface area contributed by atoms with E-state index in [1.165, 1.54) is 0 Å². The number of rotatable bonds is 6. The second-order valence-corrected chi connectivity index (χ2v) is 9.64. The molecule has 4 heterocycles. The maximum Gasteiger partial charge on any atom is 0.350 e. The molecule has 182 valence electrons. The second-order valence-electron chi connectivity index (χ2n) is 7.90. The van der Waals surface area contributed by atoms with E-state index in [4.69, 9.17) is 27.9 Å². The van der Waals surface area contributed by atoms with Crippen LogP contribution in [0.25, 0.3) is 11.4 Å². The molecule has 1 aliphatic heterocycles. The highest BCUT2D eigenvalue weighted by atomic mass is 35.5. The summed E-state index contributed by atoms with van der Waals surface area (Å²) < 4.78 is 22.0. The van der Waals surface area contributed by atoms with Crippen LogP contribution in [0.15, 0.2) is 12.5 Å². The molecule has 0 aromatic carbocycles. The van der Waals surface area contributed by atoms with E-state index in [-0.39, 0.29) is 28.9 Å². The molecule has 1 amide bonds. The summed E-state index contributed by atoms with van der Waals surface area (Å²) in [5.41, 5.74) is 1.61. The number of nitrogens with one attached hydrogen (secondary N) is 2. The highest BCUT2D eigenvalue weighted by Gasteiger charge is 2.34. The first-order valence-corrected chi connectivity index (χ1v) is 12.2. The van der Waals surface area contributed by atoms with Crippen LogP contribution in [0.2, 0.25) is 10.0 Å². The van der Waals surface area contributed by atoms with Gasteiger partial charge in [-0.3, -0.25) is 4.79 Å². The number of esters is 1. The lowest BCUT2D eigenvalue weighted by molar-refractivity contribution is 0.0532. The van der Waals surface area contributed by atoms with E-state index < -0.39 is 24.1 Å². The number of carbonyl (C=O) groups excluding carboxylic acids is 2. The van der Waals surface area contributed by atoms with Crippen LogP contribution >= 0.6 is 34.5 Å². The maximum absolute atomic E-state index is 15.1. The highest BCUT2D eigenvalue weighted by Crippen LogP contribution is 2.35. The standard InChI is InChI=1S/C21H23Cl2FN6O3S/c1-4-33-20(32)18-16(13-8-29(3)9-25-13)28-21(34-18)30-6-5-12(11(24)7-30)27-19(31)17-15(23)14(22)10(2)26-17/h8-9,11-12,26H,4-7H2,1-3H3,(H,27,31)/t11-,12+/m0/s1. The third kappa shape index (κ3) is 4.77. The van der Waals surface area contributed by atoms with E-state index >= 15 is 4.39 Å². The molecule has 1 saturated heterocycles.